The maximum atomic E-state index is 10.3. The van der Waals surface area contributed by atoms with E-state index in [0.717, 1.165) is 0 Å². The number of carbonyl (C=O) groups excluding carboxylic acids is 1. The van der Waals surface area contributed by atoms with Crippen molar-refractivity contribution in [3.05, 3.63) is 0 Å². The lowest BCUT2D eigenvalue weighted by Gasteiger charge is -2.11. The van der Waals surface area contributed by atoms with E-state index in [0.29, 0.717) is 25.8 Å². The Morgan fingerprint density at radius 3 is 2.85 bits per heavy atom. The zero-order valence-corrected chi connectivity index (χ0v) is 8.21. The number of carbonyl (C=O) groups is 1. The molecule has 3 N–H and O–H groups in total. The molecule has 1 amide bonds. The number of amides is 1. The van der Waals surface area contributed by atoms with Crippen LogP contribution in [0.25, 0.3) is 0 Å². The van der Waals surface area contributed by atoms with Crippen molar-refractivity contribution in [2.45, 2.75) is 13.0 Å². The van der Waals surface area contributed by atoms with E-state index >= 15 is 0 Å². The van der Waals surface area contributed by atoms with Crippen molar-refractivity contribution in [1.29, 1.82) is 0 Å². The Morgan fingerprint density at radius 2 is 2.31 bits per heavy atom. The molecule has 13 heavy (non-hydrogen) atoms. The smallest absolute Gasteiger partial charge is 0.243 e. The van der Waals surface area contributed by atoms with Gasteiger partial charge in [0.25, 0.3) is 0 Å². The highest BCUT2D eigenvalue weighted by molar-refractivity contribution is 5.74. The van der Waals surface area contributed by atoms with E-state index in [-0.39, 0.29) is 6.61 Å². The first-order chi connectivity index (χ1) is 6.16. The summed E-state index contributed by atoms with van der Waals surface area (Å²) in [5.74, 6) is -0.440. The Hall–Kier alpha value is -0.650. The van der Waals surface area contributed by atoms with Crippen molar-refractivity contribution in [1.82, 2.24) is 5.32 Å². The number of rotatable bonds is 8. The Balaban J connectivity index is 3.11. The molecule has 0 rings (SSSR count). The summed E-state index contributed by atoms with van der Waals surface area (Å²) in [6.07, 6.45) is 0. The topological polar surface area (TPSA) is 73.6 Å². The van der Waals surface area contributed by atoms with Crippen LogP contribution in [0.1, 0.15) is 6.92 Å². The lowest BCUT2D eigenvalue weighted by molar-refractivity contribution is -0.122. The molecule has 0 aromatic rings. The van der Waals surface area contributed by atoms with Crippen molar-refractivity contribution < 1.29 is 14.3 Å². The average molecular weight is 190 g/mol. The third-order valence-electron chi connectivity index (χ3n) is 1.40. The number of methoxy groups -OCH3 is 1. The molecule has 0 spiro atoms. The summed E-state index contributed by atoms with van der Waals surface area (Å²) >= 11 is 0. The van der Waals surface area contributed by atoms with Crippen LogP contribution in [0.4, 0.5) is 0 Å². The Labute approximate surface area is 78.6 Å². The SMILES string of the molecule is COCC(C)NCCOCC(N)=O. The molecule has 0 aromatic carbocycles. The summed E-state index contributed by atoms with van der Waals surface area (Å²) in [5.41, 5.74) is 4.88. The third kappa shape index (κ3) is 9.26. The summed E-state index contributed by atoms with van der Waals surface area (Å²) in [7, 11) is 1.65. The zero-order chi connectivity index (χ0) is 10.1. The standard InChI is InChI=1S/C8H18N2O3/c1-7(5-12-2)10-3-4-13-6-8(9)11/h7,10H,3-6H2,1-2H3,(H2,9,11). The minimum Gasteiger partial charge on any atom is -0.383 e. The van der Waals surface area contributed by atoms with E-state index in [4.69, 9.17) is 15.2 Å². The fraction of sp³-hybridized carbons (Fsp3) is 0.875. The van der Waals surface area contributed by atoms with Crippen LogP contribution in [0.3, 0.4) is 0 Å². The van der Waals surface area contributed by atoms with E-state index < -0.39 is 5.91 Å². The van der Waals surface area contributed by atoms with Gasteiger partial charge in [0, 0.05) is 19.7 Å². The summed E-state index contributed by atoms with van der Waals surface area (Å²) in [5, 5.41) is 3.16. The van der Waals surface area contributed by atoms with Crippen LogP contribution in [-0.4, -0.2) is 45.4 Å². The van der Waals surface area contributed by atoms with E-state index in [2.05, 4.69) is 5.32 Å². The molecule has 0 aliphatic carbocycles. The monoisotopic (exact) mass is 190 g/mol. The Bertz CT molecular complexity index is 141. The van der Waals surface area contributed by atoms with Crippen molar-refractivity contribution in [3.8, 4) is 0 Å². The van der Waals surface area contributed by atoms with Gasteiger partial charge in [-0.3, -0.25) is 4.79 Å². The highest BCUT2D eigenvalue weighted by Crippen LogP contribution is 1.81. The number of hydrogen-bond donors (Lipinski definition) is 2. The molecular formula is C8H18N2O3. The van der Waals surface area contributed by atoms with E-state index in [1.54, 1.807) is 7.11 Å². The van der Waals surface area contributed by atoms with Crippen LogP contribution in [0.15, 0.2) is 0 Å². The van der Waals surface area contributed by atoms with Gasteiger partial charge in [0.05, 0.1) is 13.2 Å². The molecule has 0 bridgehead atoms. The quantitative estimate of drug-likeness (QED) is 0.487. The molecule has 1 unspecified atom stereocenters. The van der Waals surface area contributed by atoms with Crippen molar-refractivity contribution in [2.75, 3.05) is 33.5 Å². The van der Waals surface area contributed by atoms with E-state index in [9.17, 15) is 4.79 Å². The molecule has 0 saturated carbocycles. The van der Waals surface area contributed by atoms with E-state index in [1.165, 1.54) is 0 Å². The molecule has 0 fully saturated rings. The number of nitrogens with two attached hydrogens (primary N) is 1. The third-order valence-corrected chi connectivity index (χ3v) is 1.40. The van der Waals surface area contributed by atoms with Crippen LogP contribution in [0.5, 0.6) is 0 Å². The maximum Gasteiger partial charge on any atom is 0.243 e. The molecule has 1 atom stereocenters. The molecule has 5 nitrogen and oxygen atoms in total. The van der Waals surface area contributed by atoms with Crippen LogP contribution >= 0.6 is 0 Å². The number of primary amides is 1. The van der Waals surface area contributed by atoms with Crippen LogP contribution in [-0.2, 0) is 14.3 Å². The van der Waals surface area contributed by atoms with Gasteiger partial charge in [-0.15, -0.1) is 0 Å². The molecule has 0 aliphatic heterocycles. The number of hydrogen-bond acceptors (Lipinski definition) is 4. The Kier molecular flexibility index (Phi) is 7.57. The van der Waals surface area contributed by atoms with Gasteiger partial charge in [-0.05, 0) is 6.92 Å². The highest BCUT2D eigenvalue weighted by Gasteiger charge is 1.99. The van der Waals surface area contributed by atoms with Gasteiger partial charge in [-0.25, -0.2) is 0 Å². The predicted molar refractivity (Wildman–Crippen MR) is 49.4 cm³/mol. The largest absolute Gasteiger partial charge is 0.383 e. The first kappa shape index (κ1) is 12.3. The van der Waals surface area contributed by atoms with Crippen LogP contribution in [0, 0.1) is 0 Å². The summed E-state index contributed by atoms with van der Waals surface area (Å²) in [6, 6.07) is 0.294. The predicted octanol–water partition coefficient (Wildman–Crippen LogP) is -0.887. The summed E-state index contributed by atoms with van der Waals surface area (Å²) in [4.78, 5) is 10.3. The second-order valence-electron chi connectivity index (χ2n) is 2.83. The fourth-order valence-electron chi connectivity index (χ4n) is 0.859. The maximum absolute atomic E-state index is 10.3. The summed E-state index contributed by atoms with van der Waals surface area (Å²) in [6.45, 7) is 3.84. The van der Waals surface area contributed by atoms with Gasteiger partial charge < -0.3 is 20.5 Å². The molecule has 0 saturated heterocycles. The number of ether oxygens (including phenoxy) is 2. The van der Waals surface area contributed by atoms with Crippen molar-refractivity contribution in [2.24, 2.45) is 5.73 Å². The minimum atomic E-state index is -0.440. The van der Waals surface area contributed by atoms with Gasteiger partial charge in [0.1, 0.15) is 6.61 Å². The van der Waals surface area contributed by atoms with Crippen molar-refractivity contribution >= 4 is 5.91 Å². The highest BCUT2D eigenvalue weighted by atomic mass is 16.5. The molecule has 5 heteroatoms. The zero-order valence-electron chi connectivity index (χ0n) is 8.21. The lowest BCUT2D eigenvalue weighted by atomic mass is 10.3. The van der Waals surface area contributed by atoms with E-state index in [1.807, 2.05) is 6.92 Å². The number of nitrogens with one attached hydrogen (secondary N) is 1. The molecule has 78 valence electrons. The average Bonchev–Trinajstić information content (AvgIpc) is 2.03. The molecular weight excluding hydrogens is 172 g/mol. The molecule has 0 aromatic heterocycles. The second kappa shape index (κ2) is 7.97. The van der Waals surface area contributed by atoms with Gasteiger partial charge >= 0.3 is 0 Å². The Morgan fingerprint density at radius 1 is 1.62 bits per heavy atom. The molecule has 0 radical (unpaired) electrons. The van der Waals surface area contributed by atoms with Gasteiger partial charge in [-0.1, -0.05) is 0 Å². The second-order valence-corrected chi connectivity index (χ2v) is 2.83. The minimum absolute atomic E-state index is 0.0136. The lowest BCUT2D eigenvalue weighted by Crippen LogP contribution is -2.33. The molecule has 0 aliphatic rings. The fourth-order valence-corrected chi connectivity index (χ4v) is 0.859. The normalized spacial score (nSPS) is 12.8. The first-order valence-electron chi connectivity index (χ1n) is 4.25. The molecule has 0 heterocycles. The van der Waals surface area contributed by atoms with Gasteiger partial charge in [-0.2, -0.15) is 0 Å². The van der Waals surface area contributed by atoms with Crippen LogP contribution in [0.2, 0.25) is 0 Å². The van der Waals surface area contributed by atoms with Gasteiger partial charge in [0.15, 0.2) is 0 Å². The first-order valence-corrected chi connectivity index (χ1v) is 4.25. The summed E-state index contributed by atoms with van der Waals surface area (Å²) < 4.78 is 9.87. The van der Waals surface area contributed by atoms with Gasteiger partial charge in [0.2, 0.25) is 5.91 Å². The van der Waals surface area contributed by atoms with Crippen molar-refractivity contribution in [3.63, 3.8) is 0 Å². The van der Waals surface area contributed by atoms with Crippen LogP contribution < -0.4 is 11.1 Å².